The van der Waals surface area contributed by atoms with Gasteiger partial charge in [-0.3, -0.25) is 4.79 Å². The Morgan fingerprint density at radius 2 is 2.00 bits per heavy atom. The molecule has 0 saturated carbocycles. The minimum atomic E-state index is -2.20. The number of carbonyl (C=O) groups excluding carboxylic acids is 1. The Morgan fingerprint density at radius 3 is 2.35 bits per heavy atom. The van der Waals surface area contributed by atoms with Gasteiger partial charge in [-0.2, -0.15) is 0 Å². The molecule has 1 N–H and O–H groups in total. The van der Waals surface area contributed by atoms with Crippen LogP contribution in [0.1, 0.15) is 27.7 Å². The Labute approximate surface area is 121 Å². The zero-order valence-corrected chi connectivity index (χ0v) is 14.1. The molecule has 0 rings (SSSR count). The van der Waals surface area contributed by atoms with E-state index < -0.39 is 33.0 Å². The number of esters is 1. The van der Waals surface area contributed by atoms with E-state index >= 15 is 0 Å². The number of rotatable bonds is 7. The molecule has 20 heavy (non-hydrogen) atoms. The van der Waals surface area contributed by atoms with Crippen LogP contribution in [-0.4, -0.2) is 44.8 Å². The molecule has 0 amide bonds. The lowest BCUT2D eigenvalue weighted by molar-refractivity contribution is -0.147. The molecule has 0 fully saturated rings. The van der Waals surface area contributed by atoms with Crippen LogP contribution in [0.4, 0.5) is 0 Å². The lowest BCUT2D eigenvalue weighted by atomic mass is 10.2. The van der Waals surface area contributed by atoms with Crippen LogP contribution < -0.4 is 0 Å². The maximum Gasteiger partial charge on any atom is 0.317 e. The van der Waals surface area contributed by atoms with E-state index in [1.165, 1.54) is 0 Å². The molecule has 0 spiro atoms. The first-order chi connectivity index (χ1) is 9.10. The standard InChI is InChI=1S/C12H25N3O4Si/c1-7-18-11(17)10(14-15-13)9(8-16)19-20(5,6)12(2,3)4/h9-10,16H,7-8H2,1-6H3/t9-,10-/m0/s1. The van der Waals surface area contributed by atoms with E-state index in [0.29, 0.717) is 0 Å². The van der Waals surface area contributed by atoms with Crippen molar-refractivity contribution in [2.75, 3.05) is 13.2 Å². The molecule has 2 atom stereocenters. The third-order valence-corrected chi connectivity index (χ3v) is 7.99. The molecule has 0 aliphatic heterocycles. The average Bonchev–Trinajstić information content (AvgIpc) is 2.32. The molecule has 0 aliphatic carbocycles. The molecule has 8 heteroatoms. The summed E-state index contributed by atoms with van der Waals surface area (Å²) in [6.45, 7) is 11.5. The molecular formula is C12H25N3O4Si. The predicted molar refractivity (Wildman–Crippen MR) is 78.7 cm³/mol. The van der Waals surface area contributed by atoms with Crippen molar-refractivity contribution in [1.82, 2.24) is 0 Å². The van der Waals surface area contributed by atoms with E-state index in [-0.39, 0.29) is 11.6 Å². The molecule has 116 valence electrons. The fourth-order valence-corrected chi connectivity index (χ4v) is 2.63. The van der Waals surface area contributed by atoms with E-state index in [1.807, 2.05) is 33.9 Å². The number of hydrogen-bond acceptors (Lipinski definition) is 5. The van der Waals surface area contributed by atoms with Crippen LogP contribution in [0, 0.1) is 0 Å². The van der Waals surface area contributed by atoms with Crippen LogP contribution in [0.15, 0.2) is 5.11 Å². The van der Waals surface area contributed by atoms with Crippen LogP contribution in [0.5, 0.6) is 0 Å². The van der Waals surface area contributed by atoms with Crippen molar-refractivity contribution in [2.45, 2.75) is 58.0 Å². The third-order valence-electron chi connectivity index (χ3n) is 3.49. The van der Waals surface area contributed by atoms with Crippen molar-refractivity contribution in [3.05, 3.63) is 10.4 Å². The van der Waals surface area contributed by atoms with Gasteiger partial charge < -0.3 is 14.3 Å². The number of aliphatic hydroxyl groups is 1. The van der Waals surface area contributed by atoms with Crippen molar-refractivity contribution >= 4 is 14.3 Å². The van der Waals surface area contributed by atoms with Crippen molar-refractivity contribution in [2.24, 2.45) is 5.11 Å². The second-order valence-electron chi connectivity index (χ2n) is 6.00. The first-order valence-corrected chi connectivity index (χ1v) is 9.51. The summed E-state index contributed by atoms with van der Waals surface area (Å²) >= 11 is 0. The highest BCUT2D eigenvalue weighted by atomic mass is 28.4. The van der Waals surface area contributed by atoms with Gasteiger partial charge in [-0.15, -0.1) is 0 Å². The van der Waals surface area contributed by atoms with Crippen molar-refractivity contribution < 1.29 is 19.1 Å². The molecule has 0 aromatic heterocycles. The van der Waals surface area contributed by atoms with Gasteiger partial charge in [-0.05, 0) is 30.6 Å². The highest BCUT2D eigenvalue weighted by molar-refractivity contribution is 6.74. The molecule has 7 nitrogen and oxygen atoms in total. The fraction of sp³-hybridized carbons (Fsp3) is 0.917. The van der Waals surface area contributed by atoms with Crippen LogP contribution in [0.3, 0.4) is 0 Å². The van der Waals surface area contributed by atoms with Gasteiger partial charge in [0.2, 0.25) is 0 Å². The van der Waals surface area contributed by atoms with Crippen molar-refractivity contribution in [3.63, 3.8) is 0 Å². The lowest BCUT2D eigenvalue weighted by Gasteiger charge is -2.39. The summed E-state index contributed by atoms with van der Waals surface area (Å²) in [7, 11) is -2.20. The number of carbonyl (C=O) groups is 1. The third kappa shape index (κ3) is 5.13. The second kappa shape index (κ2) is 7.63. The summed E-state index contributed by atoms with van der Waals surface area (Å²) in [5.74, 6) is -0.678. The summed E-state index contributed by atoms with van der Waals surface area (Å²) < 4.78 is 10.8. The lowest BCUT2D eigenvalue weighted by Crippen LogP contribution is -2.50. The normalized spacial score (nSPS) is 15.2. The molecule has 0 radical (unpaired) electrons. The topological polar surface area (TPSA) is 105 Å². The number of ether oxygens (including phenoxy) is 1. The summed E-state index contributed by atoms with van der Waals surface area (Å²) in [5, 5.41) is 12.8. The van der Waals surface area contributed by atoms with E-state index in [2.05, 4.69) is 10.0 Å². The Hall–Kier alpha value is -1.08. The quantitative estimate of drug-likeness (QED) is 0.256. The van der Waals surface area contributed by atoms with E-state index in [0.717, 1.165) is 0 Å². The monoisotopic (exact) mass is 303 g/mol. The summed E-state index contributed by atoms with van der Waals surface area (Å²) in [4.78, 5) is 14.5. The average molecular weight is 303 g/mol. The fourth-order valence-electron chi connectivity index (χ4n) is 1.31. The molecule has 0 aromatic carbocycles. The van der Waals surface area contributed by atoms with Crippen LogP contribution in [-0.2, 0) is 14.0 Å². The zero-order valence-electron chi connectivity index (χ0n) is 13.1. The van der Waals surface area contributed by atoms with Gasteiger partial charge in [0.25, 0.3) is 0 Å². The van der Waals surface area contributed by atoms with Gasteiger partial charge in [0.05, 0.1) is 19.3 Å². The molecule has 0 bridgehead atoms. The number of nitrogens with zero attached hydrogens (tertiary/aromatic N) is 3. The SMILES string of the molecule is CCOC(=O)[C@@H](N=[N+]=[N-])[C@H](CO)O[Si](C)(C)C(C)(C)C. The molecule has 0 heterocycles. The van der Waals surface area contributed by atoms with Crippen molar-refractivity contribution in [1.29, 1.82) is 0 Å². The molecule has 0 saturated heterocycles. The summed E-state index contributed by atoms with van der Waals surface area (Å²) in [5.41, 5.74) is 8.58. The van der Waals surface area contributed by atoms with Gasteiger partial charge >= 0.3 is 5.97 Å². The Morgan fingerprint density at radius 1 is 1.45 bits per heavy atom. The number of hydrogen-bond donors (Lipinski definition) is 1. The number of aliphatic hydroxyl groups excluding tert-OH is 1. The van der Waals surface area contributed by atoms with Crippen LogP contribution in [0.2, 0.25) is 18.1 Å². The highest BCUT2D eigenvalue weighted by Crippen LogP contribution is 2.37. The minimum absolute atomic E-state index is 0.0873. The first-order valence-electron chi connectivity index (χ1n) is 6.60. The van der Waals surface area contributed by atoms with Gasteiger partial charge in [-0.25, -0.2) is 0 Å². The maximum absolute atomic E-state index is 11.8. The Bertz CT molecular complexity index is 375. The summed E-state index contributed by atoms with van der Waals surface area (Å²) in [6, 6.07) is -1.17. The van der Waals surface area contributed by atoms with Crippen LogP contribution in [0.25, 0.3) is 10.4 Å². The zero-order chi connectivity index (χ0) is 16.0. The molecular weight excluding hydrogens is 278 g/mol. The van der Waals surface area contributed by atoms with Gasteiger partial charge in [0, 0.05) is 4.91 Å². The molecule has 0 unspecified atom stereocenters. The smallest absolute Gasteiger partial charge is 0.317 e. The predicted octanol–water partition coefficient (Wildman–Crippen LogP) is 2.61. The van der Waals surface area contributed by atoms with E-state index in [1.54, 1.807) is 6.92 Å². The molecule has 0 aromatic rings. The summed E-state index contributed by atoms with van der Waals surface area (Å²) in [6.07, 6.45) is -0.883. The van der Waals surface area contributed by atoms with Gasteiger partial charge in [0.1, 0.15) is 0 Å². The van der Waals surface area contributed by atoms with E-state index in [9.17, 15) is 9.90 Å². The highest BCUT2D eigenvalue weighted by Gasteiger charge is 2.42. The maximum atomic E-state index is 11.8. The Balaban J connectivity index is 5.20. The van der Waals surface area contributed by atoms with Gasteiger partial charge in [-0.1, -0.05) is 25.9 Å². The van der Waals surface area contributed by atoms with Gasteiger partial charge in [0.15, 0.2) is 14.4 Å². The molecule has 0 aliphatic rings. The second-order valence-corrected chi connectivity index (χ2v) is 10.8. The van der Waals surface area contributed by atoms with E-state index in [4.69, 9.17) is 14.7 Å². The first kappa shape index (κ1) is 18.9. The number of azide groups is 1. The van der Waals surface area contributed by atoms with Crippen molar-refractivity contribution in [3.8, 4) is 0 Å². The largest absolute Gasteiger partial charge is 0.466 e. The minimum Gasteiger partial charge on any atom is -0.466 e. The van der Waals surface area contributed by atoms with Crippen LogP contribution >= 0.6 is 0 Å². The Kier molecular flexibility index (Phi) is 7.22.